The fourth-order valence-corrected chi connectivity index (χ4v) is 3.15. The van der Waals surface area contributed by atoms with Crippen molar-refractivity contribution in [3.63, 3.8) is 0 Å². The molecule has 104 valence electrons. The van der Waals surface area contributed by atoms with Crippen molar-refractivity contribution in [2.75, 3.05) is 26.7 Å². The first-order valence-corrected chi connectivity index (χ1v) is 7.33. The molecular formula is C14H26N2O2. The molecule has 0 radical (unpaired) electrons. The quantitative estimate of drug-likeness (QED) is 0.824. The first-order chi connectivity index (χ1) is 8.66. The van der Waals surface area contributed by atoms with Crippen molar-refractivity contribution < 1.29 is 9.90 Å². The van der Waals surface area contributed by atoms with Crippen LogP contribution in [0.5, 0.6) is 0 Å². The molecule has 18 heavy (non-hydrogen) atoms. The van der Waals surface area contributed by atoms with Gasteiger partial charge in [0.05, 0.1) is 12.6 Å². The van der Waals surface area contributed by atoms with E-state index in [4.69, 9.17) is 0 Å². The van der Waals surface area contributed by atoms with Crippen molar-refractivity contribution >= 4 is 5.91 Å². The number of aliphatic hydroxyl groups is 1. The number of carbonyl (C=O) groups excluding carboxylic acids is 1. The van der Waals surface area contributed by atoms with Crippen LogP contribution in [0, 0.1) is 0 Å². The van der Waals surface area contributed by atoms with Crippen LogP contribution in [0.15, 0.2) is 0 Å². The fourth-order valence-electron chi connectivity index (χ4n) is 3.15. The number of hydrogen-bond donors (Lipinski definition) is 1. The van der Waals surface area contributed by atoms with Crippen LogP contribution >= 0.6 is 0 Å². The van der Waals surface area contributed by atoms with Gasteiger partial charge in [0.1, 0.15) is 0 Å². The summed E-state index contributed by atoms with van der Waals surface area (Å²) in [7, 11) is 1.94. The topological polar surface area (TPSA) is 43.8 Å². The van der Waals surface area contributed by atoms with Crippen molar-refractivity contribution in [1.29, 1.82) is 0 Å². The monoisotopic (exact) mass is 254 g/mol. The van der Waals surface area contributed by atoms with Crippen molar-refractivity contribution in [3.8, 4) is 0 Å². The molecule has 1 saturated carbocycles. The summed E-state index contributed by atoms with van der Waals surface area (Å²) < 4.78 is 0. The Balaban J connectivity index is 1.79. The molecule has 1 aliphatic carbocycles. The molecule has 1 saturated heterocycles. The molecule has 0 aromatic carbocycles. The Hall–Kier alpha value is -0.610. The van der Waals surface area contributed by atoms with Gasteiger partial charge in [0.2, 0.25) is 5.91 Å². The Morgan fingerprint density at radius 2 is 1.94 bits per heavy atom. The molecule has 4 heteroatoms. The largest absolute Gasteiger partial charge is 0.392 e. The first kappa shape index (κ1) is 13.8. The summed E-state index contributed by atoms with van der Waals surface area (Å²) in [6.07, 6.45) is 7.78. The second kappa shape index (κ2) is 6.53. The van der Waals surface area contributed by atoms with E-state index in [1.54, 1.807) is 0 Å². The number of carbonyl (C=O) groups is 1. The Kier molecular flexibility index (Phi) is 5.01. The van der Waals surface area contributed by atoms with Gasteiger partial charge in [-0.3, -0.25) is 9.69 Å². The molecule has 2 rings (SSSR count). The van der Waals surface area contributed by atoms with Gasteiger partial charge in [-0.15, -0.1) is 0 Å². The smallest absolute Gasteiger partial charge is 0.236 e. The zero-order valence-electron chi connectivity index (χ0n) is 11.5. The lowest BCUT2D eigenvalue weighted by atomic mass is 9.94. The van der Waals surface area contributed by atoms with Crippen LogP contribution in [0.1, 0.15) is 44.9 Å². The average molecular weight is 254 g/mol. The summed E-state index contributed by atoms with van der Waals surface area (Å²) in [5.41, 5.74) is 0. The third kappa shape index (κ3) is 3.69. The second-order valence-corrected chi connectivity index (χ2v) is 5.83. The molecule has 4 nitrogen and oxygen atoms in total. The van der Waals surface area contributed by atoms with E-state index in [0.717, 1.165) is 32.2 Å². The van der Waals surface area contributed by atoms with Crippen LogP contribution in [-0.4, -0.2) is 59.6 Å². The highest BCUT2D eigenvalue weighted by Crippen LogP contribution is 2.22. The zero-order chi connectivity index (χ0) is 13.0. The molecule has 0 aromatic rings. The summed E-state index contributed by atoms with van der Waals surface area (Å²) >= 11 is 0. The van der Waals surface area contributed by atoms with Crippen molar-refractivity contribution in [2.45, 2.75) is 57.1 Å². The summed E-state index contributed by atoms with van der Waals surface area (Å²) in [6.45, 7) is 2.08. The first-order valence-electron chi connectivity index (χ1n) is 7.33. The minimum atomic E-state index is -0.244. The molecule has 1 heterocycles. The Labute approximate surface area is 110 Å². The van der Waals surface area contributed by atoms with Crippen LogP contribution in [0.3, 0.4) is 0 Å². The van der Waals surface area contributed by atoms with Crippen molar-refractivity contribution in [3.05, 3.63) is 0 Å². The van der Waals surface area contributed by atoms with E-state index in [2.05, 4.69) is 4.90 Å². The maximum Gasteiger partial charge on any atom is 0.236 e. The summed E-state index contributed by atoms with van der Waals surface area (Å²) in [4.78, 5) is 16.3. The van der Waals surface area contributed by atoms with E-state index in [1.807, 2.05) is 11.9 Å². The maximum absolute atomic E-state index is 12.2. The van der Waals surface area contributed by atoms with Crippen LogP contribution in [0.2, 0.25) is 0 Å². The highest BCUT2D eigenvalue weighted by atomic mass is 16.3. The van der Waals surface area contributed by atoms with Gasteiger partial charge < -0.3 is 10.0 Å². The van der Waals surface area contributed by atoms with E-state index in [1.165, 1.54) is 19.3 Å². The van der Waals surface area contributed by atoms with Gasteiger partial charge in [-0.1, -0.05) is 19.3 Å². The SMILES string of the molecule is CN(C(=O)CN1CCC[C@H](O)C1)C1CCCCC1. The molecule has 0 bridgehead atoms. The maximum atomic E-state index is 12.2. The third-order valence-electron chi connectivity index (χ3n) is 4.36. The molecule has 2 fully saturated rings. The predicted octanol–water partition coefficient (Wildman–Crippen LogP) is 1.23. The van der Waals surface area contributed by atoms with Crippen LogP contribution in [0.4, 0.5) is 0 Å². The minimum Gasteiger partial charge on any atom is -0.392 e. The van der Waals surface area contributed by atoms with E-state index in [0.29, 0.717) is 19.1 Å². The lowest BCUT2D eigenvalue weighted by Gasteiger charge is -2.34. The molecule has 0 aromatic heterocycles. The molecular weight excluding hydrogens is 228 g/mol. The van der Waals surface area contributed by atoms with Gasteiger partial charge in [0.25, 0.3) is 0 Å². The van der Waals surface area contributed by atoms with Crippen molar-refractivity contribution in [2.24, 2.45) is 0 Å². The fraction of sp³-hybridized carbons (Fsp3) is 0.929. The summed E-state index contributed by atoms with van der Waals surface area (Å²) in [5.74, 6) is 0.219. The number of amides is 1. The Morgan fingerprint density at radius 1 is 1.22 bits per heavy atom. The standard InChI is InChI=1S/C14H26N2O2/c1-15(12-6-3-2-4-7-12)14(18)11-16-9-5-8-13(17)10-16/h12-13,17H,2-11H2,1H3/t13-/m0/s1. The van der Waals surface area contributed by atoms with Crippen LogP contribution < -0.4 is 0 Å². The van der Waals surface area contributed by atoms with Gasteiger partial charge in [0.15, 0.2) is 0 Å². The zero-order valence-corrected chi connectivity index (χ0v) is 11.5. The highest BCUT2D eigenvalue weighted by Gasteiger charge is 2.25. The minimum absolute atomic E-state index is 0.219. The molecule has 1 aliphatic heterocycles. The van der Waals surface area contributed by atoms with Gasteiger partial charge in [-0.25, -0.2) is 0 Å². The number of aliphatic hydroxyl groups excluding tert-OH is 1. The van der Waals surface area contributed by atoms with E-state index in [-0.39, 0.29) is 12.0 Å². The number of likely N-dealkylation sites (N-methyl/N-ethyl adjacent to an activating group) is 1. The van der Waals surface area contributed by atoms with E-state index >= 15 is 0 Å². The van der Waals surface area contributed by atoms with Crippen LogP contribution in [-0.2, 0) is 4.79 Å². The van der Waals surface area contributed by atoms with E-state index in [9.17, 15) is 9.90 Å². The number of likely N-dealkylation sites (tertiary alicyclic amines) is 1. The molecule has 0 spiro atoms. The van der Waals surface area contributed by atoms with Gasteiger partial charge >= 0.3 is 0 Å². The molecule has 0 unspecified atom stereocenters. The summed E-state index contributed by atoms with van der Waals surface area (Å²) in [5, 5.41) is 9.61. The van der Waals surface area contributed by atoms with Crippen LogP contribution in [0.25, 0.3) is 0 Å². The summed E-state index contributed by atoms with van der Waals surface area (Å²) in [6, 6.07) is 0.445. The lowest BCUT2D eigenvalue weighted by Crippen LogP contribution is -2.47. The van der Waals surface area contributed by atoms with Gasteiger partial charge in [-0.2, -0.15) is 0 Å². The second-order valence-electron chi connectivity index (χ2n) is 5.83. The average Bonchev–Trinajstić information content (AvgIpc) is 2.39. The van der Waals surface area contributed by atoms with Gasteiger partial charge in [-0.05, 0) is 32.2 Å². The Morgan fingerprint density at radius 3 is 2.61 bits per heavy atom. The molecule has 1 atom stereocenters. The highest BCUT2D eigenvalue weighted by molar-refractivity contribution is 5.78. The van der Waals surface area contributed by atoms with E-state index < -0.39 is 0 Å². The third-order valence-corrected chi connectivity index (χ3v) is 4.36. The molecule has 2 aliphatic rings. The lowest BCUT2D eigenvalue weighted by molar-refractivity contribution is -0.134. The van der Waals surface area contributed by atoms with Gasteiger partial charge in [0, 0.05) is 19.6 Å². The molecule has 1 amide bonds. The number of nitrogens with zero attached hydrogens (tertiary/aromatic N) is 2. The Bertz CT molecular complexity index is 277. The number of β-amino-alcohol motifs (C(OH)–C–C–N with tert-alkyl or cyclic N) is 1. The molecule has 1 N–H and O–H groups in total. The number of hydrogen-bond acceptors (Lipinski definition) is 3. The number of rotatable bonds is 3. The predicted molar refractivity (Wildman–Crippen MR) is 71.3 cm³/mol. The normalized spacial score (nSPS) is 27.1. The van der Waals surface area contributed by atoms with Crippen molar-refractivity contribution in [1.82, 2.24) is 9.80 Å². The number of piperidine rings is 1.